The number of alkyl halides is 1. The highest BCUT2D eigenvalue weighted by Crippen LogP contribution is 2.30. The summed E-state index contributed by atoms with van der Waals surface area (Å²) in [6.45, 7) is 3.20. The van der Waals surface area contributed by atoms with E-state index in [2.05, 4.69) is 27.4 Å². The largest absolute Gasteiger partial charge is 0.490 e. The van der Waals surface area contributed by atoms with Crippen molar-refractivity contribution in [1.82, 2.24) is 0 Å². The van der Waals surface area contributed by atoms with E-state index in [0.29, 0.717) is 13.2 Å². The van der Waals surface area contributed by atoms with Crippen LogP contribution in [0.4, 0.5) is 0 Å². The Hall–Kier alpha value is -1.00. The van der Waals surface area contributed by atoms with Crippen LogP contribution in [0.1, 0.15) is 17.4 Å². The van der Waals surface area contributed by atoms with E-state index in [-0.39, 0.29) is 0 Å². The summed E-state index contributed by atoms with van der Waals surface area (Å²) in [6.07, 6.45) is 0. The van der Waals surface area contributed by atoms with E-state index in [1.54, 1.807) is 11.3 Å². The van der Waals surface area contributed by atoms with Gasteiger partial charge in [0.05, 0.1) is 6.61 Å². The van der Waals surface area contributed by atoms with E-state index in [1.807, 2.05) is 31.2 Å². The Kier molecular flexibility index (Phi) is 5.08. The molecule has 0 saturated carbocycles. The van der Waals surface area contributed by atoms with Crippen LogP contribution in [-0.2, 0) is 11.9 Å². The zero-order valence-electron chi connectivity index (χ0n) is 10.2. The second-order valence-corrected chi connectivity index (χ2v) is 5.31. The molecule has 18 heavy (non-hydrogen) atoms. The molecule has 2 aromatic rings. The maximum Gasteiger partial charge on any atom is 0.161 e. The van der Waals surface area contributed by atoms with Crippen LogP contribution in [0.5, 0.6) is 11.5 Å². The van der Waals surface area contributed by atoms with Crippen molar-refractivity contribution in [2.45, 2.75) is 18.9 Å². The fourth-order valence-electron chi connectivity index (χ4n) is 1.57. The first kappa shape index (κ1) is 13.4. The number of ether oxygens (including phenoxy) is 2. The molecule has 1 heterocycles. The van der Waals surface area contributed by atoms with E-state index in [4.69, 9.17) is 9.47 Å². The first-order valence-electron chi connectivity index (χ1n) is 5.80. The van der Waals surface area contributed by atoms with Crippen molar-refractivity contribution < 1.29 is 9.47 Å². The van der Waals surface area contributed by atoms with E-state index in [9.17, 15) is 0 Å². The van der Waals surface area contributed by atoms with Gasteiger partial charge >= 0.3 is 0 Å². The monoisotopic (exact) mass is 326 g/mol. The molecular weight excluding hydrogens is 312 g/mol. The van der Waals surface area contributed by atoms with Gasteiger partial charge in [0, 0.05) is 10.2 Å². The minimum atomic E-state index is 0.589. The van der Waals surface area contributed by atoms with Gasteiger partial charge in [-0.25, -0.2) is 0 Å². The number of hydrogen-bond acceptors (Lipinski definition) is 3. The lowest BCUT2D eigenvalue weighted by Gasteiger charge is -2.12. The Bertz CT molecular complexity index is 483. The molecule has 0 aliphatic carbocycles. The highest BCUT2D eigenvalue weighted by Gasteiger charge is 2.06. The summed E-state index contributed by atoms with van der Waals surface area (Å²) in [4.78, 5) is 1.21. The number of rotatable bonds is 6. The smallest absolute Gasteiger partial charge is 0.161 e. The van der Waals surface area contributed by atoms with Gasteiger partial charge in [-0.1, -0.05) is 28.1 Å². The van der Waals surface area contributed by atoms with Gasteiger partial charge in [-0.2, -0.15) is 0 Å². The van der Waals surface area contributed by atoms with Crippen molar-refractivity contribution >= 4 is 27.3 Å². The van der Waals surface area contributed by atoms with Gasteiger partial charge in [0.25, 0.3) is 0 Å². The molecule has 0 fully saturated rings. The Balaban J connectivity index is 2.10. The van der Waals surface area contributed by atoms with Crippen LogP contribution in [0.2, 0.25) is 0 Å². The first-order chi connectivity index (χ1) is 8.83. The molecule has 0 atom stereocenters. The third-order valence-electron chi connectivity index (χ3n) is 2.41. The van der Waals surface area contributed by atoms with Gasteiger partial charge in [-0.3, -0.25) is 0 Å². The number of thiophene rings is 1. The first-order valence-corrected chi connectivity index (χ1v) is 7.80. The third-order valence-corrected chi connectivity index (χ3v) is 3.91. The van der Waals surface area contributed by atoms with Gasteiger partial charge in [0.1, 0.15) is 6.61 Å². The van der Waals surface area contributed by atoms with Gasteiger partial charge in [-0.05, 0) is 36.1 Å². The van der Waals surface area contributed by atoms with Crippen molar-refractivity contribution in [3.05, 3.63) is 46.2 Å². The molecule has 0 aliphatic rings. The molecule has 0 spiro atoms. The molecule has 0 radical (unpaired) electrons. The summed E-state index contributed by atoms with van der Waals surface area (Å²) in [5, 5.41) is 2.87. The summed E-state index contributed by atoms with van der Waals surface area (Å²) in [5.74, 6) is 1.61. The van der Waals surface area contributed by atoms with Crippen molar-refractivity contribution in [3.63, 3.8) is 0 Å². The SMILES string of the molecule is CCOc1cc(CBr)ccc1OCc1cccs1. The standard InChI is InChI=1S/C14H15BrO2S/c1-2-16-14-8-11(9-15)5-6-13(14)17-10-12-4-3-7-18-12/h3-8H,2,9-10H2,1H3. The maximum atomic E-state index is 5.80. The highest BCUT2D eigenvalue weighted by molar-refractivity contribution is 9.08. The second kappa shape index (κ2) is 6.81. The Morgan fingerprint density at radius 1 is 1.17 bits per heavy atom. The molecule has 4 heteroatoms. The van der Waals surface area contributed by atoms with Crippen LogP contribution < -0.4 is 9.47 Å². The van der Waals surface area contributed by atoms with Crippen LogP contribution >= 0.6 is 27.3 Å². The van der Waals surface area contributed by atoms with E-state index in [0.717, 1.165) is 16.8 Å². The normalized spacial score (nSPS) is 10.3. The molecule has 0 unspecified atom stereocenters. The van der Waals surface area contributed by atoms with Gasteiger partial charge < -0.3 is 9.47 Å². The quantitative estimate of drug-likeness (QED) is 0.721. The van der Waals surface area contributed by atoms with E-state index < -0.39 is 0 Å². The molecule has 0 bridgehead atoms. The van der Waals surface area contributed by atoms with E-state index >= 15 is 0 Å². The number of hydrogen-bond donors (Lipinski definition) is 0. The topological polar surface area (TPSA) is 18.5 Å². The fourth-order valence-corrected chi connectivity index (χ4v) is 2.53. The molecule has 2 nitrogen and oxygen atoms in total. The predicted octanol–water partition coefficient (Wildman–Crippen LogP) is 4.62. The molecule has 2 rings (SSSR count). The predicted molar refractivity (Wildman–Crippen MR) is 78.9 cm³/mol. The lowest BCUT2D eigenvalue weighted by atomic mass is 10.2. The van der Waals surface area contributed by atoms with Crippen LogP contribution in [0, 0.1) is 0 Å². The van der Waals surface area contributed by atoms with Crippen molar-refractivity contribution in [1.29, 1.82) is 0 Å². The summed E-state index contributed by atoms with van der Waals surface area (Å²) < 4.78 is 11.4. The molecule has 1 aromatic heterocycles. The third kappa shape index (κ3) is 3.50. The summed E-state index contributed by atoms with van der Waals surface area (Å²) >= 11 is 5.14. The molecule has 1 aromatic carbocycles. The average molecular weight is 327 g/mol. The van der Waals surface area contributed by atoms with Crippen LogP contribution in [0.3, 0.4) is 0 Å². The molecule has 0 aliphatic heterocycles. The Labute approximate surface area is 120 Å². The Morgan fingerprint density at radius 2 is 2.06 bits per heavy atom. The maximum absolute atomic E-state index is 5.80. The van der Waals surface area contributed by atoms with Gasteiger partial charge in [0.15, 0.2) is 11.5 Å². The molecule has 96 valence electrons. The zero-order chi connectivity index (χ0) is 12.8. The van der Waals surface area contributed by atoms with E-state index in [1.165, 1.54) is 10.4 Å². The highest BCUT2D eigenvalue weighted by atomic mass is 79.9. The average Bonchev–Trinajstić information content (AvgIpc) is 2.90. The van der Waals surface area contributed by atoms with Gasteiger partial charge in [-0.15, -0.1) is 11.3 Å². The number of halogens is 1. The van der Waals surface area contributed by atoms with Crippen molar-refractivity contribution in [2.24, 2.45) is 0 Å². The van der Waals surface area contributed by atoms with Crippen LogP contribution in [0.15, 0.2) is 35.7 Å². The second-order valence-electron chi connectivity index (χ2n) is 3.72. The Morgan fingerprint density at radius 3 is 2.72 bits per heavy atom. The minimum Gasteiger partial charge on any atom is -0.490 e. The van der Waals surface area contributed by atoms with Crippen molar-refractivity contribution in [3.8, 4) is 11.5 Å². The zero-order valence-corrected chi connectivity index (χ0v) is 12.6. The minimum absolute atomic E-state index is 0.589. The molecule has 0 N–H and O–H groups in total. The summed E-state index contributed by atoms with van der Waals surface area (Å²) in [5.41, 5.74) is 1.18. The molecule has 0 saturated heterocycles. The van der Waals surface area contributed by atoms with Crippen LogP contribution in [-0.4, -0.2) is 6.61 Å². The lowest BCUT2D eigenvalue weighted by Crippen LogP contribution is -1.99. The van der Waals surface area contributed by atoms with Crippen molar-refractivity contribution in [2.75, 3.05) is 6.61 Å². The summed E-state index contributed by atoms with van der Waals surface area (Å²) in [6, 6.07) is 10.1. The molecule has 0 amide bonds. The molecular formula is C14H15BrO2S. The van der Waals surface area contributed by atoms with Gasteiger partial charge in [0.2, 0.25) is 0 Å². The van der Waals surface area contributed by atoms with Crippen LogP contribution in [0.25, 0.3) is 0 Å². The number of benzene rings is 1. The lowest BCUT2D eigenvalue weighted by molar-refractivity contribution is 0.271. The fraction of sp³-hybridized carbons (Fsp3) is 0.286. The summed E-state index contributed by atoms with van der Waals surface area (Å²) in [7, 11) is 0.